The standard InChI is InChI=1S/C12H10F3NO2/c13-12(14,15)18-9-4-1-3-8(7-9)11(16)10-5-2-6-17-10/h1-7,11H,16H2. The molecule has 0 saturated heterocycles. The summed E-state index contributed by atoms with van der Waals surface area (Å²) in [6.45, 7) is 0. The summed E-state index contributed by atoms with van der Waals surface area (Å²) >= 11 is 0. The Labute approximate surface area is 101 Å². The third kappa shape index (κ3) is 3.04. The zero-order valence-corrected chi connectivity index (χ0v) is 9.15. The van der Waals surface area contributed by atoms with Crippen molar-refractivity contribution >= 4 is 0 Å². The lowest BCUT2D eigenvalue weighted by Gasteiger charge is -2.12. The van der Waals surface area contributed by atoms with Crippen LogP contribution in [-0.2, 0) is 0 Å². The zero-order chi connectivity index (χ0) is 13.2. The molecule has 2 rings (SSSR count). The number of hydrogen-bond donors (Lipinski definition) is 1. The molecule has 0 bridgehead atoms. The van der Waals surface area contributed by atoms with Crippen LogP contribution in [0.25, 0.3) is 0 Å². The second-order valence-corrected chi connectivity index (χ2v) is 3.61. The van der Waals surface area contributed by atoms with E-state index in [0.717, 1.165) is 0 Å². The van der Waals surface area contributed by atoms with Crippen molar-refractivity contribution in [3.8, 4) is 5.75 Å². The van der Waals surface area contributed by atoms with Crippen molar-refractivity contribution in [1.82, 2.24) is 0 Å². The molecule has 0 saturated carbocycles. The minimum absolute atomic E-state index is 0.304. The normalized spacial score (nSPS) is 13.3. The Kier molecular flexibility index (Phi) is 3.29. The zero-order valence-electron chi connectivity index (χ0n) is 9.15. The molecule has 18 heavy (non-hydrogen) atoms. The molecule has 2 N–H and O–H groups in total. The van der Waals surface area contributed by atoms with E-state index in [9.17, 15) is 13.2 Å². The third-order valence-electron chi connectivity index (χ3n) is 2.30. The van der Waals surface area contributed by atoms with Crippen molar-refractivity contribution in [2.24, 2.45) is 5.73 Å². The maximum absolute atomic E-state index is 12.1. The van der Waals surface area contributed by atoms with Crippen LogP contribution in [0.5, 0.6) is 5.75 Å². The summed E-state index contributed by atoms with van der Waals surface area (Å²) in [6, 6.07) is 8.19. The molecular formula is C12H10F3NO2. The van der Waals surface area contributed by atoms with Gasteiger partial charge in [-0.15, -0.1) is 13.2 Å². The van der Waals surface area contributed by atoms with Gasteiger partial charge in [-0.05, 0) is 29.8 Å². The van der Waals surface area contributed by atoms with E-state index in [1.165, 1.54) is 24.5 Å². The molecule has 0 aliphatic carbocycles. The maximum atomic E-state index is 12.1. The molecule has 1 heterocycles. The summed E-state index contributed by atoms with van der Waals surface area (Å²) in [5.74, 6) is 0.168. The number of furan rings is 1. The van der Waals surface area contributed by atoms with E-state index in [0.29, 0.717) is 11.3 Å². The summed E-state index contributed by atoms with van der Waals surface area (Å²) < 4.78 is 45.2. The van der Waals surface area contributed by atoms with Gasteiger partial charge < -0.3 is 14.9 Å². The summed E-state index contributed by atoms with van der Waals surface area (Å²) in [7, 11) is 0. The van der Waals surface area contributed by atoms with Crippen molar-refractivity contribution in [2.75, 3.05) is 0 Å². The lowest BCUT2D eigenvalue weighted by molar-refractivity contribution is -0.274. The molecule has 0 amide bonds. The van der Waals surface area contributed by atoms with E-state index in [1.54, 1.807) is 18.2 Å². The van der Waals surface area contributed by atoms with Gasteiger partial charge in [0.1, 0.15) is 11.5 Å². The number of hydrogen-bond acceptors (Lipinski definition) is 3. The first-order valence-corrected chi connectivity index (χ1v) is 5.10. The Balaban J connectivity index is 2.22. The number of ether oxygens (including phenoxy) is 1. The molecule has 1 atom stereocenters. The predicted octanol–water partition coefficient (Wildman–Crippen LogP) is 3.23. The van der Waals surface area contributed by atoms with Crippen LogP contribution in [0.3, 0.4) is 0 Å². The molecule has 0 aliphatic rings. The molecular weight excluding hydrogens is 247 g/mol. The number of alkyl halides is 3. The summed E-state index contributed by atoms with van der Waals surface area (Å²) in [5, 5.41) is 0. The first-order valence-electron chi connectivity index (χ1n) is 5.10. The predicted molar refractivity (Wildman–Crippen MR) is 57.9 cm³/mol. The molecule has 6 heteroatoms. The lowest BCUT2D eigenvalue weighted by Crippen LogP contribution is -2.18. The fraction of sp³-hybridized carbons (Fsp3) is 0.167. The van der Waals surface area contributed by atoms with Crippen LogP contribution in [0.4, 0.5) is 13.2 Å². The molecule has 3 nitrogen and oxygen atoms in total. The second-order valence-electron chi connectivity index (χ2n) is 3.61. The Hall–Kier alpha value is -1.95. The average molecular weight is 257 g/mol. The molecule has 0 aliphatic heterocycles. The molecule has 0 fully saturated rings. The van der Waals surface area contributed by atoms with Gasteiger partial charge in [-0.1, -0.05) is 12.1 Å². The largest absolute Gasteiger partial charge is 0.573 e. The van der Waals surface area contributed by atoms with Crippen molar-refractivity contribution in [3.63, 3.8) is 0 Å². The van der Waals surface area contributed by atoms with Crippen molar-refractivity contribution in [1.29, 1.82) is 0 Å². The van der Waals surface area contributed by atoms with E-state index < -0.39 is 12.4 Å². The lowest BCUT2D eigenvalue weighted by atomic mass is 10.1. The number of halogens is 3. The summed E-state index contributed by atoms with van der Waals surface area (Å²) in [4.78, 5) is 0. The van der Waals surface area contributed by atoms with Gasteiger partial charge in [-0.2, -0.15) is 0 Å². The molecule has 0 radical (unpaired) electrons. The van der Waals surface area contributed by atoms with Gasteiger partial charge in [0.25, 0.3) is 0 Å². The Morgan fingerprint density at radius 3 is 2.56 bits per heavy atom. The van der Waals surface area contributed by atoms with Gasteiger partial charge in [-0.25, -0.2) is 0 Å². The molecule has 1 unspecified atom stereocenters. The highest BCUT2D eigenvalue weighted by Crippen LogP contribution is 2.27. The molecule has 96 valence electrons. The number of benzene rings is 1. The summed E-state index contributed by atoms with van der Waals surface area (Å²) in [5.41, 5.74) is 6.34. The van der Waals surface area contributed by atoms with Crippen LogP contribution in [0.1, 0.15) is 17.4 Å². The maximum Gasteiger partial charge on any atom is 0.573 e. The second kappa shape index (κ2) is 4.73. The van der Waals surface area contributed by atoms with Crippen LogP contribution in [0.2, 0.25) is 0 Å². The minimum atomic E-state index is -4.71. The van der Waals surface area contributed by atoms with Gasteiger partial charge in [0.15, 0.2) is 0 Å². The first-order chi connectivity index (χ1) is 8.46. The van der Waals surface area contributed by atoms with Crippen LogP contribution >= 0.6 is 0 Å². The molecule has 2 aromatic rings. The van der Waals surface area contributed by atoms with Crippen LogP contribution < -0.4 is 10.5 Å². The average Bonchev–Trinajstić information content (AvgIpc) is 2.79. The van der Waals surface area contributed by atoms with Crippen molar-refractivity contribution in [3.05, 3.63) is 54.0 Å². The van der Waals surface area contributed by atoms with E-state index in [2.05, 4.69) is 4.74 Å². The van der Waals surface area contributed by atoms with Gasteiger partial charge >= 0.3 is 6.36 Å². The van der Waals surface area contributed by atoms with Crippen LogP contribution in [-0.4, -0.2) is 6.36 Å². The fourth-order valence-corrected chi connectivity index (χ4v) is 1.54. The highest BCUT2D eigenvalue weighted by Gasteiger charge is 2.31. The van der Waals surface area contributed by atoms with Gasteiger partial charge in [0.05, 0.1) is 12.3 Å². The minimum Gasteiger partial charge on any atom is -0.467 e. The number of nitrogens with two attached hydrogens (primary N) is 1. The van der Waals surface area contributed by atoms with Crippen molar-refractivity contribution < 1.29 is 22.3 Å². The quantitative estimate of drug-likeness (QED) is 0.918. The van der Waals surface area contributed by atoms with Crippen molar-refractivity contribution in [2.45, 2.75) is 12.4 Å². The molecule has 1 aromatic carbocycles. The third-order valence-corrected chi connectivity index (χ3v) is 2.30. The highest BCUT2D eigenvalue weighted by atomic mass is 19.4. The van der Waals surface area contributed by atoms with Gasteiger partial charge in [-0.3, -0.25) is 0 Å². The van der Waals surface area contributed by atoms with E-state index in [-0.39, 0.29) is 5.75 Å². The molecule has 1 aromatic heterocycles. The Morgan fingerprint density at radius 1 is 1.17 bits per heavy atom. The number of rotatable bonds is 3. The first kappa shape index (κ1) is 12.5. The van der Waals surface area contributed by atoms with Gasteiger partial charge in [0.2, 0.25) is 0 Å². The molecule has 0 spiro atoms. The fourth-order valence-electron chi connectivity index (χ4n) is 1.54. The van der Waals surface area contributed by atoms with Gasteiger partial charge in [0, 0.05) is 0 Å². The Morgan fingerprint density at radius 2 is 1.94 bits per heavy atom. The monoisotopic (exact) mass is 257 g/mol. The summed E-state index contributed by atoms with van der Waals surface area (Å²) in [6.07, 6.45) is -3.27. The highest BCUT2D eigenvalue weighted by molar-refractivity contribution is 5.33. The van der Waals surface area contributed by atoms with E-state index in [1.807, 2.05) is 0 Å². The van der Waals surface area contributed by atoms with E-state index >= 15 is 0 Å². The smallest absolute Gasteiger partial charge is 0.467 e. The topological polar surface area (TPSA) is 48.4 Å². The van der Waals surface area contributed by atoms with E-state index in [4.69, 9.17) is 10.2 Å². The van der Waals surface area contributed by atoms with Crippen LogP contribution in [0.15, 0.2) is 47.1 Å². The Bertz CT molecular complexity index is 508. The SMILES string of the molecule is NC(c1cccc(OC(F)(F)F)c1)c1ccco1. The van der Waals surface area contributed by atoms with Crippen LogP contribution in [0, 0.1) is 0 Å².